The van der Waals surface area contributed by atoms with E-state index < -0.39 is 48.6 Å². The molecule has 10 heteroatoms. The third kappa shape index (κ3) is 3.86. The second-order valence-electron chi connectivity index (χ2n) is 9.96. The molecule has 2 fully saturated rings. The van der Waals surface area contributed by atoms with Gasteiger partial charge in [0.2, 0.25) is 0 Å². The van der Waals surface area contributed by atoms with Crippen molar-refractivity contribution in [3.63, 3.8) is 0 Å². The fourth-order valence-corrected chi connectivity index (χ4v) is 8.10. The van der Waals surface area contributed by atoms with Crippen LogP contribution in [0.4, 0.5) is 0 Å². The van der Waals surface area contributed by atoms with Gasteiger partial charge >= 0.3 is 5.97 Å². The summed E-state index contributed by atoms with van der Waals surface area (Å²) in [6.07, 6.45) is 0.295. The molecule has 3 heterocycles. The largest absolute Gasteiger partial charge is 0.481 e. The molecule has 2 bridgehead atoms. The molecule has 2 saturated heterocycles. The maximum Gasteiger partial charge on any atom is 0.308 e. The number of carbonyl (C=O) groups excluding carboxylic acids is 2. The fraction of sp³-hybridized carbons (Fsp3) is 0.667. The lowest BCUT2D eigenvalue weighted by Crippen LogP contribution is -2.71. The first-order chi connectivity index (χ1) is 16.0. The van der Waals surface area contributed by atoms with Crippen LogP contribution in [-0.2, 0) is 14.4 Å². The Balaban J connectivity index is 1.89. The van der Waals surface area contributed by atoms with Crippen molar-refractivity contribution >= 4 is 41.1 Å². The summed E-state index contributed by atoms with van der Waals surface area (Å²) in [6, 6.07) is -0.601. The molecule has 2 unspecified atom stereocenters. The van der Waals surface area contributed by atoms with Crippen molar-refractivity contribution in [2.45, 2.75) is 81.7 Å². The van der Waals surface area contributed by atoms with Crippen LogP contribution in [-0.4, -0.2) is 80.0 Å². The summed E-state index contributed by atoms with van der Waals surface area (Å²) in [5, 5.41) is 33.9. The van der Waals surface area contributed by atoms with Gasteiger partial charge in [-0.05, 0) is 6.42 Å². The van der Waals surface area contributed by atoms with Crippen LogP contribution in [0.5, 0.6) is 0 Å². The Morgan fingerprint density at radius 2 is 1.71 bits per heavy atom. The molecule has 0 amide bonds. The number of Topliss-reactive ketones (excluding diaryl/α,β-unsaturated/α-hetero) is 2. The normalized spacial score (nSPS) is 35.7. The number of carboxylic acids is 1. The quantitative estimate of drug-likeness (QED) is 0.460. The van der Waals surface area contributed by atoms with Crippen molar-refractivity contribution in [1.82, 2.24) is 10.2 Å². The van der Waals surface area contributed by atoms with Crippen LogP contribution in [0.15, 0.2) is 21.0 Å². The van der Waals surface area contributed by atoms with Crippen LogP contribution in [0.3, 0.4) is 0 Å². The number of ketones is 2. The summed E-state index contributed by atoms with van der Waals surface area (Å²) in [4.78, 5) is 42.6. The van der Waals surface area contributed by atoms with E-state index in [1.807, 2.05) is 39.5 Å². The number of hydrogen-bond donors (Lipinski definition) is 3. The fourth-order valence-electron chi connectivity index (χ4n) is 6.04. The molecule has 4 aliphatic rings. The summed E-state index contributed by atoms with van der Waals surface area (Å²) in [5.41, 5.74) is 0.649. The lowest BCUT2D eigenvalue weighted by Gasteiger charge is -2.54. The van der Waals surface area contributed by atoms with E-state index in [1.54, 1.807) is 0 Å². The highest BCUT2D eigenvalue weighted by atomic mass is 32.2. The van der Waals surface area contributed by atoms with E-state index in [0.717, 1.165) is 0 Å². The molecule has 3 N–H and O–H groups in total. The van der Waals surface area contributed by atoms with E-state index in [1.165, 1.54) is 23.5 Å². The lowest BCUT2D eigenvalue weighted by atomic mass is 9.71. The molecule has 184 valence electrons. The first-order valence-corrected chi connectivity index (χ1v) is 13.5. The van der Waals surface area contributed by atoms with Gasteiger partial charge in [0, 0.05) is 45.7 Å². The number of aliphatic hydroxyl groups excluding tert-OH is 1. The van der Waals surface area contributed by atoms with E-state index in [0.29, 0.717) is 21.8 Å². The van der Waals surface area contributed by atoms with Gasteiger partial charge in [0.1, 0.15) is 6.04 Å². The van der Waals surface area contributed by atoms with Gasteiger partial charge in [-0.1, -0.05) is 34.6 Å². The number of thioether (sulfide) groups is 2. The van der Waals surface area contributed by atoms with Crippen molar-refractivity contribution in [3.05, 3.63) is 21.0 Å². The number of carboxylic acid groups (broad SMARTS) is 1. The second-order valence-corrected chi connectivity index (χ2v) is 13.1. The molecule has 0 aromatic carbocycles. The number of nitriles is 1. The molecule has 0 spiro atoms. The van der Waals surface area contributed by atoms with Crippen LogP contribution >= 0.6 is 23.5 Å². The lowest BCUT2D eigenvalue weighted by molar-refractivity contribution is -0.143. The number of rotatable bonds is 6. The minimum atomic E-state index is -0.941. The zero-order chi connectivity index (χ0) is 25.1. The molecule has 0 aromatic heterocycles. The maximum absolute atomic E-state index is 13.9. The van der Waals surface area contributed by atoms with E-state index in [9.17, 15) is 29.9 Å². The Morgan fingerprint density at radius 1 is 1.15 bits per heavy atom. The summed E-state index contributed by atoms with van der Waals surface area (Å²) < 4.78 is 0. The Hall–Kier alpha value is -1.64. The molecule has 0 aromatic rings. The van der Waals surface area contributed by atoms with Gasteiger partial charge in [0.15, 0.2) is 11.6 Å². The predicted molar refractivity (Wildman–Crippen MR) is 131 cm³/mol. The van der Waals surface area contributed by atoms with Crippen molar-refractivity contribution in [1.29, 1.82) is 5.26 Å². The number of piperazine rings is 1. The summed E-state index contributed by atoms with van der Waals surface area (Å²) in [7, 11) is 0. The topological polar surface area (TPSA) is 131 Å². The van der Waals surface area contributed by atoms with Gasteiger partial charge < -0.3 is 15.5 Å². The van der Waals surface area contributed by atoms with Crippen LogP contribution in [0.25, 0.3) is 0 Å². The van der Waals surface area contributed by atoms with Gasteiger partial charge in [0.05, 0.1) is 34.4 Å². The van der Waals surface area contributed by atoms with Crippen LogP contribution in [0, 0.1) is 23.2 Å². The molecule has 8 nitrogen and oxygen atoms in total. The van der Waals surface area contributed by atoms with Crippen molar-refractivity contribution in [2.75, 3.05) is 6.61 Å². The Morgan fingerprint density at radius 3 is 2.18 bits per heavy atom. The van der Waals surface area contributed by atoms with E-state index in [2.05, 4.69) is 11.4 Å². The van der Waals surface area contributed by atoms with E-state index in [-0.39, 0.29) is 33.7 Å². The van der Waals surface area contributed by atoms with Crippen molar-refractivity contribution in [3.8, 4) is 6.07 Å². The minimum Gasteiger partial charge on any atom is -0.481 e. The number of nitrogens with zero attached hydrogens (tertiary/aromatic N) is 2. The highest BCUT2D eigenvalue weighted by Crippen LogP contribution is 2.50. The van der Waals surface area contributed by atoms with E-state index in [4.69, 9.17) is 0 Å². The molecule has 1 aliphatic carbocycles. The molecule has 34 heavy (non-hydrogen) atoms. The Bertz CT molecular complexity index is 1030. The number of carbonyl (C=O) groups is 3. The van der Waals surface area contributed by atoms with Crippen LogP contribution in [0.2, 0.25) is 0 Å². The number of hydrogen-bond acceptors (Lipinski definition) is 9. The predicted octanol–water partition coefficient (Wildman–Crippen LogP) is 1.95. The van der Waals surface area contributed by atoms with Crippen LogP contribution < -0.4 is 5.32 Å². The highest BCUT2D eigenvalue weighted by Gasteiger charge is 2.61. The average Bonchev–Trinajstić information content (AvgIpc) is 3.13. The first-order valence-electron chi connectivity index (χ1n) is 11.7. The summed E-state index contributed by atoms with van der Waals surface area (Å²) in [6.45, 7) is 9.29. The maximum atomic E-state index is 13.9. The molecule has 7 atom stereocenters. The summed E-state index contributed by atoms with van der Waals surface area (Å²) >= 11 is 2.73. The Labute approximate surface area is 208 Å². The number of fused-ring (bicyclic) bond motifs is 4. The molecule has 0 saturated carbocycles. The average molecular weight is 506 g/mol. The number of aliphatic hydroxyl groups is 1. The molecular weight excluding hydrogens is 474 g/mol. The van der Waals surface area contributed by atoms with Crippen LogP contribution in [0.1, 0.15) is 41.0 Å². The zero-order valence-corrected chi connectivity index (χ0v) is 21.6. The van der Waals surface area contributed by atoms with E-state index >= 15 is 0 Å². The number of nitrogens with one attached hydrogen (secondary N) is 1. The van der Waals surface area contributed by atoms with Gasteiger partial charge in [-0.15, -0.1) is 23.5 Å². The van der Waals surface area contributed by atoms with Gasteiger partial charge in [-0.25, -0.2) is 0 Å². The first kappa shape index (κ1) is 25.5. The van der Waals surface area contributed by atoms with Gasteiger partial charge in [0.25, 0.3) is 0 Å². The standard InChI is InChI=1S/C24H31N3O5S2/c1-9(2)33-22-20(29)16-11(5)19-18-12(24(31)32)6-13(26-18)14(7-25)27(19)15(8-28)17(16)21(30)23(22)34-10(3)4/h9-15,18-19,26,28H,6,8H2,1-5H3,(H,31,32)/t11?,12-,13+,14?,15+,18-,19+/m1/s1. The smallest absolute Gasteiger partial charge is 0.308 e. The number of allylic oxidation sites excluding steroid dienone is 2. The molecule has 4 rings (SSSR count). The second kappa shape index (κ2) is 9.43. The zero-order valence-electron chi connectivity index (χ0n) is 19.9. The summed E-state index contributed by atoms with van der Waals surface area (Å²) in [5.74, 6) is -2.58. The third-order valence-corrected chi connectivity index (χ3v) is 9.47. The van der Waals surface area contributed by atoms with Crippen molar-refractivity contribution in [2.24, 2.45) is 11.8 Å². The third-order valence-electron chi connectivity index (χ3n) is 7.15. The highest BCUT2D eigenvalue weighted by molar-refractivity contribution is 8.08. The van der Waals surface area contributed by atoms with Crippen molar-refractivity contribution < 1.29 is 24.6 Å². The molecule has 0 radical (unpaired) electrons. The molecule has 3 aliphatic heterocycles. The Kier molecular flexibility index (Phi) is 7.06. The number of aliphatic carboxylic acids is 1. The SMILES string of the molecule is CC(C)SC1=C(SC(C)C)C(=O)C2=C(C1=O)C(C)[C@H]1[C@@H]3N[C@@H](C[C@H]3C(=O)O)C(C#N)N1[C@H]2CO. The minimum absolute atomic E-state index is 0.0798. The van der Waals surface area contributed by atoms with Gasteiger partial charge in [-0.2, -0.15) is 5.26 Å². The van der Waals surface area contributed by atoms with Gasteiger partial charge in [-0.3, -0.25) is 19.3 Å². The molecular formula is C24H31N3O5S2. The monoisotopic (exact) mass is 505 g/mol.